The number of hydrogen-bond acceptors (Lipinski definition) is 3. The molecule has 0 aliphatic rings. The summed E-state index contributed by atoms with van der Waals surface area (Å²) in [7, 11) is 1.72. The van der Waals surface area contributed by atoms with Gasteiger partial charge in [0.15, 0.2) is 0 Å². The second kappa shape index (κ2) is 6.21. The Balaban J connectivity index is 3.17. The van der Waals surface area contributed by atoms with E-state index in [-0.39, 0.29) is 12.0 Å². The third-order valence-electron chi connectivity index (χ3n) is 3.22. The van der Waals surface area contributed by atoms with Gasteiger partial charge in [0, 0.05) is 17.7 Å². The minimum Gasteiger partial charge on any atom is -0.316 e. The molecule has 0 heterocycles. The Bertz CT molecular complexity index is 487. The lowest BCUT2D eigenvalue weighted by molar-refractivity contribution is -0.385. The Kier molecular flexibility index (Phi) is 5.10. The normalized spacial score (nSPS) is 13.6. The zero-order valence-electron chi connectivity index (χ0n) is 11.5. The van der Waals surface area contributed by atoms with Crippen LogP contribution >= 0.6 is 0 Å². The lowest BCUT2D eigenvalue weighted by Gasteiger charge is -2.20. The number of nitro benzene ring substituents is 1. The van der Waals surface area contributed by atoms with Crippen LogP contribution in [0, 0.1) is 16.0 Å². The monoisotopic (exact) mass is 290 g/mol. The van der Waals surface area contributed by atoms with Gasteiger partial charge in [0.2, 0.25) is 0 Å². The third-order valence-corrected chi connectivity index (χ3v) is 3.22. The van der Waals surface area contributed by atoms with Crippen LogP contribution in [0.2, 0.25) is 0 Å². The first-order valence-corrected chi connectivity index (χ1v) is 6.18. The van der Waals surface area contributed by atoms with E-state index in [0.29, 0.717) is 18.1 Å². The van der Waals surface area contributed by atoms with Gasteiger partial charge in [-0.15, -0.1) is 0 Å². The quantitative estimate of drug-likeness (QED) is 0.668. The molecule has 0 amide bonds. The molecular formula is C13H17F3N2O2. The highest BCUT2D eigenvalue weighted by molar-refractivity contribution is 5.44. The van der Waals surface area contributed by atoms with E-state index >= 15 is 0 Å². The van der Waals surface area contributed by atoms with Gasteiger partial charge in [-0.3, -0.25) is 10.1 Å². The first-order chi connectivity index (χ1) is 9.16. The van der Waals surface area contributed by atoms with E-state index < -0.39 is 22.4 Å². The summed E-state index contributed by atoms with van der Waals surface area (Å²) in [6.07, 6.45) is -4.27. The Morgan fingerprint density at radius 1 is 1.35 bits per heavy atom. The molecule has 1 unspecified atom stereocenters. The number of rotatable bonds is 5. The summed E-state index contributed by atoms with van der Waals surface area (Å²) in [4.78, 5) is 10.2. The first kappa shape index (κ1) is 16.4. The van der Waals surface area contributed by atoms with Crippen molar-refractivity contribution in [1.82, 2.24) is 5.32 Å². The van der Waals surface area contributed by atoms with E-state index in [2.05, 4.69) is 5.32 Å². The highest BCUT2D eigenvalue weighted by Gasteiger charge is 2.33. The molecule has 0 saturated heterocycles. The maximum atomic E-state index is 12.6. The first-order valence-electron chi connectivity index (χ1n) is 6.18. The van der Waals surface area contributed by atoms with E-state index in [4.69, 9.17) is 0 Å². The second-order valence-corrected chi connectivity index (χ2v) is 4.94. The van der Waals surface area contributed by atoms with Crippen molar-refractivity contribution in [2.45, 2.75) is 32.5 Å². The van der Waals surface area contributed by atoms with Gasteiger partial charge in [-0.05, 0) is 25.5 Å². The van der Waals surface area contributed by atoms with Crippen molar-refractivity contribution < 1.29 is 18.1 Å². The van der Waals surface area contributed by atoms with E-state index in [9.17, 15) is 23.3 Å². The molecule has 4 nitrogen and oxygen atoms in total. The predicted molar refractivity (Wildman–Crippen MR) is 69.5 cm³/mol. The minimum absolute atomic E-state index is 0.0366. The molecule has 112 valence electrons. The van der Waals surface area contributed by atoms with Gasteiger partial charge in [0.25, 0.3) is 5.69 Å². The van der Waals surface area contributed by atoms with Gasteiger partial charge in [-0.2, -0.15) is 13.2 Å². The second-order valence-electron chi connectivity index (χ2n) is 4.94. The largest absolute Gasteiger partial charge is 0.416 e. The molecule has 1 atom stereocenters. The topological polar surface area (TPSA) is 55.2 Å². The summed E-state index contributed by atoms with van der Waals surface area (Å²) < 4.78 is 37.8. The Labute approximate surface area is 115 Å². The van der Waals surface area contributed by atoms with Crippen LogP contribution in [0.3, 0.4) is 0 Å². The molecule has 0 spiro atoms. The van der Waals surface area contributed by atoms with Gasteiger partial charge in [0.1, 0.15) is 0 Å². The number of alkyl halides is 3. The van der Waals surface area contributed by atoms with Crippen molar-refractivity contribution in [1.29, 1.82) is 0 Å². The Morgan fingerprint density at radius 3 is 2.35 bits per heavy atom. The molecule has 1 N–H and O–H groups in total. The zero-order chi connectivity index (χ0) is 15.5. The molecule has 1 aromatic rings. The number of benzene rings is 1. The van der Waals surface area contributed by atoms with E-state index in [0.717, 1.165) is 6.07 Å². The van der Waals surface area contributed by atoms with Crippen LogP contribution in [0.5, 0.6) is 0 Å². The van der Waals surface area contributed by atoms with Crippen molar-refractivity contribution in [3.05, 3.63) is 39.4 Å². The average molecular weight is 290 g/mol. The van der Waals surface area contributed by atoms with Crippen LogP contribution in [0.4, 0.5) is 18.9 Å². The summed E-state index contributed by atoms with van der Waals surface area (Å²) in [5.74, 6) is 0.210. The molecule has 0 bridgehead atoms. The summed E-state index contributed by atoms with van der Waals surface area (Å²) in [5.41, 5.74) is -1.18. The Morgan fingerprint density at radius 2 is 1.95 bits per heavy atom. The molecule has 1 aromatic carbocycles. The van der Waals surface area contributed by atoms with E-state index in [1.54, 1.807) is 7.05 Å². The fourth-order valence-corrected chi connectivity index (χ4v) is 1.99. The maximum Gasteiger partial charge on any atom is 0.416 e. The van der Waals surface area contributed by atoms with Crippen molar-refractivity contribution in [3.8, 4) is 0 Å². The number of nitro groups is 1. The standard InChI is InChI=1S/C13H17F3N2O2/c1-8(2)11(17-3)6-9-4-5-10(13(14,15)16)7-12(9)18(19)20/h4-5,7-8,11,17H,6H2,1-3H3. The number of halogens is 3. The maximum absolute atomic E-state index is 12.6. The predicted octanol–water partition coefficient (Wildman–Crippen LogP) is 3.40. The van der Waals surface area contributed by atoms with Crippen molar-refractivity contribution in [2.24, 2.45) is 5.92 Å². The molecule has 7 heteroatoms. The van der Waals surface area contributed by atoms with Gasteiger partial charge in [0.05, 0.1) is 10.5 Å². The molecule has 0 saturated carbocycles. The molecule has 1 rings (SSSR count). The molecular weight excluding hydrogens is 273 g/mol. The van der Waals surface area contributed by atoms with E-state index in [1.165, 1.54) is 6.07 Å². The van der Waals surface area contributed by atoms with Gasteiger partial charge < -0.3 is 5.32 Å². The van der Waals surface area contributed by atoms with Crippen LogP contribution < -0.4 is 5.32 Å². The fraction of sp³-hybridized carbons (Fsp3) is 0.538. The minimum atomic E-state index is -4.58. The van der Waals surface area contributed by atoms with E-state index in [1.807, 2.05) is 13.8 Å². The van der Waals surface area contributed by atoms with Crippen LogP contribution in [-0.2, 0) is 12.6 Å². The smallest absolute Gasteiger partial charge is 0.316 e. The molecule has 0 aliphatic heterocycles. The van der Waals surface area contributed by atoms with Crippen LogP contribution in [0.1, 0.15) is 25.0 Å². The summed E-state index contributed by atoms with van der Waals surface area (Å²) in [5, 5.41) is 14.0. The SMILES string of the molecule is CNC(Cc1ccc(C(F)(F)F)cc1[N+](=O)[O-])C(C)C. The van der Waals surface area contributed by atoms with Crippen molar-refractivity contribution >= 4 is 5.69 Å². The summed E-state index contributed by atoms with van der Waals surface area (Å²) >= 11 is 0. The third kappa shape index (κ3) is 3.93. The average Bonchev–Trinajstić information content (AvgIpc) is 2.34. The summed E-state index contributed by atoms with van der Waals surface area (Å²) in [6.45, 7) is 3.88. The number of likely N-dealkylation sites (N-methyl/N-ethyl adjacent to an activating group) is 1. The lowest BCUT2D eigenvalue weighted by atomic mass is 9.95. The highest BCUT2D eigenvalue weighted by atomic mass is 19.4. The number of nitrogens with zero attached hydrogens (tertiary/aromatic N) is 1. The fourth-order valence-electron chi connectivity index (χ4n) is 1.99. The van der Waals surface area contributed by atoms with Gasteiger partial charge in [-0.1, -0.05) is 19.9 Å². The van der Waals surface area contributed by atoms with Crippen molar-refractivity contribution in [3.63, 3.8) is 0 Å². The number of nitrogens with one attached hydrogen (secondary N) is 1. The van der Waals surface area contributed by atoms with Gasteiger partial charge in [-0.25, -0.2) is 0 Å². The van der Waals surface area contributed by atoms with Crippen LogP contribution in [0.25, 0.3) is 0 Å². The molecule has 0 fully saturated rings. The summed E-state index contributed by atoms with van der Waals surface area (Å²) in [6, 6.07) is 2.64. The lowest BCUT2D eigenvalue weighted by Crippen LogP contribution is -2.33. The number of hydrogen-bond donors (Lipinski definition) is 1. The van der Waals surface area contributed by atoms with Crippen LogP contribution in [-0.4, -0.2) is 18.0 Å². The van der Waals surface area contributed by atoms with Gasteiger partial charge >= 0.3 is 6.18 Å². The molecule has 0 aliphatic carbocycles. The molecule has 0 aromatic heterocycles. The Hall–Kier alpha value is -1.63. The van der Waals surface area contributed by atoms with Crippen LogP contribution in [0.15, 0.2) is 18.2 Å². The zero-order valence-corrected chi connectivity index (χ0v) is 11.5. The molecule has 0 radical (unpaired) electrons. The molecule has 20 heavy (non-hydrogen) atoms. The van der Waals surface area contributed by atoms with Crippen molar-refractivity contribution in [2.75, 3.05) is 7.05 Å². The highest BCUT2D eigenvalue weighted by Crippen LogP contribution is 2.33.